The largest absolute Gasteiger partial charge is 0.462 e. The standard InChI is InChI=1S/C16H22ClNO3/c1-3-4-11-21-16(20)13-6-8-14(9-7-13)18-15(19)10-5-12(2)17/h6-9,12H,3-5,10-11H2,1-2H3,(H,18,19). The van der Waals surface area contributed by atoms with E-state index in [4.69, 9.17) is 16.3 Å². The number of hydrogen-bond acceptors (Lipinski definition) is 3. The summed E-state index contributed by atoms with van der Waals surface area (Å²) in [5, 5.41) is 2.75. The zero-order valence-electron chi connectivity index (χ0n) is 12.5. The lowest BCUT2D eigenvalue weighted by Crippen LogP contribution is -2.13. The van der Waals surface area contributed by atoms with E-state index < -0.39 is 0 Å². The van der Waals surface area contributed by atoms with Crippen molar-refractivity contribution in [2.75, 3.05) is 11.9 Å². The molecule has 0 heterocycles. The molecule has 0 bridgehead atoms. The van der Waals surface area contributed by atoms with Crippen molar-refractivity contribution in [3.63, 3.8) is 0 Å². The van der Waals surface area contributed by atoms with Gasteiger partial charge in [-0.25, -0.2) is 4.79 Å². The maximum Gasteiger partial charge on any atom is 0.338 e. The summed E-state index contributed by atoms with van der Waals surface area (Å²) in [5.41, 5.74) is 1.14. The average Bonchev–Trinajstić information content (AvgIpc) is 2.46. The molecule has 1 aromatic carbocycles. The van der Waals surface area contributed by atoms with Crippen LogP contribution in [0.25, 0.3) is 0 Å². The molecule has 0 saturated heterocycles. The molecular weight excluding hydrogens is 290 g/mol. The summed E-state index contributed by atoms with van der Waals surface area (Å²) in [7, 11) is 0. The third-order valence-electron chi connectivity index (χ3n) is 2.90. The van der Waals surface area contributed by atoms with Crippen LogP contribution in [-0.2, 0) is 9.53 Å². The number of esters is 1. The van der Waals surface area contributed by atoms with Gasteiger partial charge in [0, 0.05) is 17.5 Å². The SMILES string of the molecule is CCCCOC(=O)c1ccc(NC(=O)CCC(C)Cl)cc1. The molecule has 21 heavy (non-hydrogen) atoms. The van der Waals surface area contributed by atoms with E-state index in [1.54, 1.807) is 24.3 Å². The van der Waals surface area contributed by atoms with Gasteiger partial charge in [0.25, 0.3) is 0 Å². The van der Waals surface area contributed by atoms with Gasteiger partial charge in [-0.15, -0.1) is 11.6 Å². The number of nitrogens with one attached hydrogen (secondary N) is 1. The molecule has 1 N–H and O–H groups in total. The number of hydrogen-bond donors (Lipinski definition) is 1. The number of amides is 1. The normalized spacial score (nSPS) is 11.8. The van der Waals surface area contributed by atoms with Gasteiger partial charge in [0.1, 0.15) is 0 Å². The number of carbonyl (C=O) groups is 2. The molecule has 1 amide bonds. The first kappa shape index (κ1) is 17.5. The predicted molar refractivity (Wildman–Crippen MR) is 84.8 cm³/mol. The Morgan fingerprint density at radius 2 is 1.95 bits per heavy atom. The fourth-order valence-corrected chi connectivity index (χ4v) is 1.74. The molecule has 0 aliphatic carbocycles. The molecule has 116 valence electrons. The summed E-state index contributed by atoms with van der Waals surface area (Å²) < 4.78 is 5.11. The molecule has 0 aliphatic heterocycles. The lowest BCUT2D eigenvalue weighted by Gasteiger charge is -2.07. The van der Waals surface area contributed by atoms with Gasteiger partial charge in [0.2, 0.25) is 5.91 Å². The van der Waals surface area contributed by atoms with Crippen LogP contribution in [0.5, 0.6) is 0 Å². The highest BCUT2D eigenvalue weighted by Gasteiger charge is 2.08. The van der Waals surface area contributed by atoms with Crippen LogP contribution in [-0.4, -0.2) is 23.9 Å². The number of alkyl halides is 1. The maximum absolute atomic E-state index is 11.7. The number of benzene rings is 1. The zero-order valence-corrected chi connectivity index (χ0v) is 13.3. The smallest absolute Gasteiger partial charge is 0.338 e. The van der Waals surface area contributed by atoms with E-state index in [2.05, 4.69) is 5.32 Å². The zero-order chi connectivity index (χ0) is 15.7. The van der Waals surface area contributed by atoms with E-state index in [0.29, 0.717) is 30.7 Å². The van der Waals surface area contributed by atoms with E-state index in [0.717, 1.165) is 12.8 Å². The molecule has 0 fully saturated rings. The van der Waals surface area contributed by atoms with Crippen molar-refractivity contribution in [3.05, 3.63) is 29.8 Å². The topological polar surface area (TPSA) is 55.4 Å². The Hall–Kier alpha value is -1.55. The Bertz CT molecular complexity index is 457. The van der Waals surface area contributed by atoms with Crippen molar-refractivity contribution >= 4 is 29.2 Å². The summed E-state index contributed by atoms with van der Waals surface area (Å²) >= 11 is 5.80. The number of rotatable bonds is 8. The van der Waals surface area contributed by atoms with Crippen molar-refractivity contribution in [1.82, 2.24) is 0 Å². The van der Waals surface area contributed by atoms with Crippen LogP contribution >= 0.6 is 11.6 Å². The monoisotopic (exact) mass is 311 g/mol. The fourth-order valence-electron chi connectivity index (χ4n) is 1.64. The van der Waals surface area contributed by atoms with Gasteiger partial charge in [0.05, 0.1) is 12.2 Å². The molecule has 0 aliphatic rings. The van der Waals surface area contributed by atoms with Crippen LogP contribution in [0.3, 0.4) is 0 Å². The van der Waals surface area contributed by atoms with E-state index in [-0.39, 0.29) is 17.3 Å². The Morgan fingerprint density at radius 1 is 1.29 bits per heavy atom. The van der Waals surface area contributed by atoms with Gasteiger partial charge in [-0.1, -0.05) is 13.3 Å². The molecule has 1 aromatic rings. The summed E-state index contributed by atoms with van der Waals surface area (Å²) in [5.74, 6) is -0.418. The fraction of sp³-hybridized carbons (Fsp3) is 0.500. The van der Waals surface area contributed by atoms with Crippen molar-refractivity contribution in [3.8, 4) is 0 Å². The van der Waals surface area contributed by atoms with Crippen LogP contribution in [0.2, 0.25) is 0 Å². The molecular formula is C16H22ClNO3. The number of unbranched alkanes of at least 4 members (excludes halogenated alkanes) is 1. The van der Waals surface area contributed by atoms with Gasteiger partial charge in [-0.05, 0) is 44.0 Å². The Labute approximate surface area is 130 Å². The molecule has 1 atom stereocenters. The third-order valence-corrected chi connectivity index (χ3v) is 3.12. The molecule has 0 radical (unpaired) electrons. The highest BCUT2D eigenvalue weighted by Crippen LogP contribution is 2.12. The Kier molecular flexibility index (Phi) is 7.83. The van der Waals surface area contributed by atoms with Crippen molar-refractivity contribution < 1.29 is 14.3 Å². The number of halogens is 1. The average molecular weight is 312 g/mol. The first-order valence-electron chi connectivity index (χ1n) is 7.24. The molecule has 0 spiro atoms. The van der Waals surface area contributed by atoms with E-state index >= 15 is 0 Å². The van der Waals surface area contributed by atoms with Gasteiger partial charge >= 0.3 is 5.97 Å². The summed E-state index contributed by atoms with van der Waals surface area (Å²) in [6.45, 7) is 4.33. The number of anilines is 1. The molecule has 0 aromatic heterocycles. The van der Waals surface area contributed by atoms with E-state index in [1.807, 2.05) is 13.8 Å². The minimum absolute atomic E-state index is 0.0176. The second kappa shape index (κ2) is 9.40. The Morgan fingerprint density at radius 3 is 2.52 bits per heavy atom. The highest BCUT2D eigenvalue weighted by atomic mass is 35.5. The van der Waals surface area contributed by atoms with Crippen molar-refractivity contribution in [1.29, 1.82) is 0 Å². The van der Waals surface area contributed by atoms with Crippen molar-refractivity contribution in [2.24, 2.45) is 0 Å². The minimum Gasteiger partial charge on any atom is -0.462 e. The highest BCUT2D eigenvalue weighted by molar-refractivity contribution is 6.20. The summed E-state index contributed by atoms with van der Waals surface area (Å²) in [6, 6.07) is 6.68. The van der Waals surface area contributed by atoms with Crippen molar-refractivity contribution in [2.45, 2.75) is 44.9 Å². The van der Waals surface area contributed by atoms with Gasteiger partial charge < -0.3 is 10.1 Å². The molecule has 1 rings (SSSR count). The quantitative estimate of drug-likeness (QED) is 0.448. The summed E-state index contributed by atoms with van der Waals surface area (Å²) in [6.07, 6.45) is 2.86. The molecule has 1 unspecified atom stereocenters. The Balaban J connectivity index is 2.46. The second-order valence-electron chi connectivity index (χ2n) is 4.93. The van der Waals surface area contributed by atoms with Crippen LogP contribution in [0.1, 0.15) is 49.9 Å². The van der Waals surface area contributed by atoms with Crippen LogP contribution in [0, 0.1) is 0 Å². The third kappa shape index (κ3) is 7.14. The van der Waals surface area contributed by atoms with Crippen LogP contribution < -0.4 is 5.32 Å². The second-order valence-corrected chi connectivity index (χ2v) is 5.68. The van der Waals surface area contributed by atoms with Crippen LogP contribution in [0.4, 0.5) is 5.69 Å². The number of ether oxygens (including phenoxy) is 1. The first-order chi connectivity index (χ1) is 10.0. The molecule has 4 nitrogen and oxygen atoms in total. The van der Waals surface area contributed by atoms with Gasteiger partial charge in [-0.2, -0.15) is 0 Å². The van der Waals surface area contributed by atoms with E-state index in [1.165, 1.54) is 0 Å². The number of carbonyl (C=O) groups excluding carboxylic acids is 2. The van der Waals surface area contributed by atoms with E-state index in [9.17, 15) is 9.59 Å². The predicted octanol–water partition coefficient (Wildman–Crippen LogP) is 3.99. The summed E-state index contributed by atoms with van der Waals surface area (Å²) in [4.78, 5) is 23.4. The van der Waals surface area contributed by atoms with Crippen LogP contribution in [0.15, 0.2) is 24.3 Å². The van der Waals surface area contributed by atoms with Gasteiger partial charge in [-0.3, -0.25) is 4.79 Å². The maximum atomic E-state index is 11.7. The molecule has 0 saturated carbocycles. The lowest BCUT2D eigenvalue weighted by atomic mass is 10.2. The van der Waals surface area contributed by atoms with Gasteiger partial charge in [0.15, 0.2) is 0 Å². The first-order valence-corrected chi connectivity index (χ1v) is 7.67. The minimum atomic E-state index is -0.336. The lowest BCUT2D eigenvalue weighted by molar-refractivity contribution is -0.116. The molecule has 5 heteroatoms.